The summed E-state index contributed by atoms with van der Waals surface area (Å²) in [5, 5.41) is 1.73. The maximum Gasteiger partial charge on any atom is 0.528 e. The summed E-state index contributed by atoms with van der Waals surface area (Å²) >= 11 is 0. The van der Waals surface area contributed by atoms with Crippen LogP contribution in [0.5, 0.6) is 5.75 Å². The summed E-state index contributed by atoms with van der Waals surface area (Å²) in [6.45, 7) is 6.63. The number of ether oxygens (including phenoxy) is 2. The Morgan fingerprint density at radius 2 is 1.91 bits per heavy atom. The molecule has 1 aromatic heterocycles. The molecule has 1 atom stereocenters. The number of aromatic amines is 1. The van der Waals surface area contributed by atoms with Crippen LogP contribution >= 0.6 is 0 Å². The number of nitrogens with two attached hydrogens (primary N) is 1. The zero-order valence-electron chi connectivity index (χ0n) is 20.4. The van der Waals surface area contributed by atoms with Crippen molar-refractivity contribution >= 4 is 23.1 Å². The Labute approximate surface area is 204 Å². The molecule has 186 valence electrons. The predicted octanol–water partition coefficient (Wildman–Crippen LogP) is 4.82. The van der Waals surface area contributed by atoms with E-state index in [0.29, 0.717) is 30.1 Å². The molecule has 4 rings (SSSR count). The van der Waals surface area contributed by atoms with Gasteiger partial charge >= 0.3 is 6.16 Å². The van der Waals surface area contributed by atoms with Gasteiger partial charge in [-0.05, 0) is 76.1 Å². The highest BCUT2D eigenvalue weighted by molar-refractivity contribution is 5.96. The average molecular weight is 481 g/mol. The van der Waals surface area contributed by atoms with E-state index in [1.54, 1.807) is 23.3 Å². The second-order valence-electron chi connectivity index (χ2n) is 9.69. The standard InChI is InChI=1S/C26H32N4O5/c1-26(2,3)34-25(32)35-30-14-5-4-6-19(30)13-15-33-20-10-7-17(8-11-20)24-28-21-12-9-18(23(27)31)16-22(21)29-24/h7-12,16,19H,4-6,13-15H2,1-3H3,(H2,27,31)(H,28,29). The molecule has 2 aromatic carbocycles. The van der Waals surface area contributed by atoms with Crippen molar-refractivity contribution < 1.29 is 23.9 Å². The Balaban J connectivity index is 1.32. The first-order valence-electron chi connectivity index (χ1n) is 11.9. The molecule has 1 amide bonds. The maximum atomic E-state index is 12.1. The third kappa shape index (κ3) is 6.51. The van der Waals surface area contributed by atoms with E-state index in [4.69, 9.17) is 20.0 Å². The van der Waals surface area contributed by atoms with Crippen molar-refractivity contribution in [2.45, 2.75) is 58.1 Å². The van der Waals surface area contributed by atoms with Crippen molar-refractivity contribution in [3.05, 3.63) is 48.0 Å². The van der Waals surface area contributed by atoms with Crippen molar-refractivity contribution in [1.82, 2.24) is 15.0 Å². The van der Waals surface area contributed by atoms with E-state index in [2.05, 4.69) is 9.97 Å². The number of nitrogens with zero attached hydrogens (tertiary/aromatic N) is 2. The molecule has 2 heterocycles. The van der Waals surface area contributed by atoms with Crippen LogP contribution in [0.3, 0.4) is 0 Å². The van der Waals surface area contributed by atoms with Crippen LogP contribution in [0, 0.1) is 0 Å². The number of primary amides is 1. The lowest BCUT2D eigenvalue weighted by atomic mass is 10.0. The summed E-state index contributed by atoms with van der Waals surface area (Å²) in [7, 11) is 0. The van der Waals surface area contributed by atoms with Crippen LogP contribution in [0.2, 0.25) is 0 Å². The van der Waals surface area contributed by atoms with Gasteiger partial charge in [-0.2, -0.15) is 0 Å². The molecule has 1 aliphatic heterocycles. The Hall–Kier alpha value is -3.59. The molecule has 0 spiro atoms. The zero-order valence-corrected chi connectivity index (χ0v) is 20.4. The fraction of sp³-hybridized carbons (Fsp3) is 0.423. The lowest BCUT2D eigenvalue weighted by molar-refractivity contribution is -0.178. The van der Waals surface area contributed by atoms with Crippen LogP contribution in [0.15, 0.2) is 42.5 Å². The molecule has 0 bridgehead atoms. The van der Waals surface area contributed by atoms with Gasteiger partial charge in [0.05, 0.1) is 17.6 Å². The molecular formula is C26H32N4O5. The Kier molecular flexibility index (Phi) is 7.25. The number of H-pyrrole nitrogens is 1. The molecule has 0 saturated carbocycles. The first-order chi connectivity index (χ1) is 16.7. The van der Waals surface area contributed by atoms with Gasteiger partial charge in [0.1, 0.15) is 17.2 Å². The van der Waals surface area contributed by atoms with Crippen molar-refractivity contribution in [3.63, 3.8) is 0 Å². The second kappa shape index (κ2) is 10.4. The first-order valence-corrected chi connectivity index (χ1v) is 11.9. The van der Waals surface area contributed by atoms with Gasteiger partial charge < -0.3 is 25.0 Å². The number of hydrogen-bond acceptors (Lipinski definition) is 7. The van der Waals surface area contributed by atoms with Crippen LogP contribution in [0.1, 0.15) is 56.8 Å². The molecule has 0 aliphatic carbocycles. The molecule has 3 aromatic rings. The number of rotatable bonds is 7. The number of piperidine rings is 1. The third-order valence-electron chi connectivity index (χ3n) is 5.77. The number of amides is 1. The van der Waals surface area contributed by atoms with E-state index < -0.39 is 17.7 Å². The minimum absolute atomic E-state index is 0.0939. The van der Waals surface area contributed by atoms with Gasteiger partial charge in [-0.25, -0.2) is 9.78 Å². The van der Waals surface area contributed by atoms with Gasteiger partial charge in [-0.1, -0.05) is 6.42 Å². The van der Waals surface area contributed by atoms with Gasteiger partial charge in [-0.15, -0.1) is 5.06 Å². The Bertz CT molecular complexity index is 1180. The smallest absolute Gasteiger partial charge is 0.494 e. The van der Waals surface area contributed by atoms with Crippen molar-refractivity contribution in [1.29, 1.82) is 0 Å². The quantitative estimate of drug-likeness (QED) is 0.465. The summed E-state index contributed by atoms with van der Waals surface area (Å²) in [4.78, 5) is 36.8. The number of benzene rings is 2. The van der Waals surface area contributed by atoms with Crippen molar-refractivity contribution in [2.75, 3.05) is 13.2 Å². The zero-order chi connectivity index (χ0) is 25.0. The second-order valence-corrected chi connectivity index (χ2v) is 9.69. The fourth-order valence-electron chi connectivity index (χ4n) is 4.06. The number of hydrogen-bond donors (Lipinski definition) is 2. The maximum absolute atomic E-state index is 12.1. The van der Waals surface area contributed by atoms with Gasteiger partial charge in [0, 0.05) is 30.1 Å². The summed E-state index contributed by atoms with van der Waals surface area (Å²) in [6, 6.07) is 12.9. The molecular weight excluding hydrogens is 448 g/mol. The van der Waals surface area contributed by atoms with E-state index in [9.17, 15) is 9.59 Å². The highest BCUT2D eigenvalue weighted by atomic mass is 16.8. The lowest BCUT2D eigenvalue weighted by Crippen LogP contribution is -2.42. The lowest BCUT2D eigenvalue weighted by Gasteiger charge is -2.34. The van der Waals surface area contributed by atoms with Crippen LogP contribution < -0.4 is 10.5 Å². The van der Waals surface area contributed by atoms with E-state index in [1.165, 1.54) is 0 Å². The van der Waals surface area contributed by atoms with Crippen molar-refractivity contribution in [3.8, 4) is 17.1 Å². The number of aromatic nitrogens is 2. The minimum atomic E-state index is -0.669. The minimum Gasteiger partial charge on any atom is -0.494 e. The molecule has 0 radical (unpaired) electrons. The van der Waals surface area contributed by atoms with Gasteiger partial charge in [-0.3, -0.25) is 4.79 Å². The molecule has 1 aliphatic rings. The molecule has 9 heteroatoms. The van der Waals surface area contributed by atoms with Crippen LogP contribution in [-0.4, -0.2) is 51.9 Å². The molecule has 3 N–H and O–H groups in total. The van der Waals surface area contributed by atoms with Crippen LogP contribution in [-0.2, 0) is 9.57 Å². The van der Waals surface area contributed by atoms with Gasteiger partial charge in [0.2, 0.25) is 5.91 Å². The van der Waals surface area contributed by atoms with Crippen molar-refractivity contribution in [2.24, 2.45) is 5.73 Å². The predicted molar refractivity (Wildman–Crippen MR) is 132 cm³/mol. The highest BCUT2D eigenvalue weighted by Crippen LogP contribution is 2.25. The number of fused-ring (bicyclic) bond motifs is 1. The largest absolute Gasteiger partial charge is 0.528 e. The van der Waals surface area contributed by atoms with E-state index >= 15 is 0 Å². The van der Waals surface area contributed by atoms with E-state index in [1.807, 2.05) is 45.0 Å². The molecule has 1 saturated heterocycles. The van der Waals surface area contributed by atoms with Gasteiger partial charge in [0.15, 0.2) is 0 Å². The normalized spacial score (nSPS) is 16.7. The third-order valence-corrected chi connectivity index (χ3v) is 5.77. The van der Waals surface area contributed by atoms with Crippen LogP contribution in [0.25, 0.3) is 22.4 Å². The summed E-state index contributed by atoms with van der Waals surface area (Å²) < 4.78 is 11.2. The molecule has 9 nitrogen and oxygen atoms in total. The van der Waals surface area contributed by atoms with Crippen LogP contribution in [0.4, 0.5) is 4.79 Å². The Morgan fingerprint density at radius 3 is 2.63 bits per heavy atom. The molecule has 1 fully saturated rings. The number of hydroxylamine groups is 2. The topological polar surface area (TPSA) is 120 Å². The Morgan fingerprint density at radius 1 is 1.14 bits per heavy atom. The van der Waals surface area contributed by atoms with Gasteiger partial charge in [0.25, 0.3) is 0 Å². The summed E-state index contributed by atoms with van der Waals surface area (Å²) in [5.41, 5.74) is 7.60. The SMILES string of the molecule is CC(C)(C)OC(=O)ON1CCCCC1CCOc1ccc(-c2nc3cc(C(N)=O)ccc3[nH]2)cc1. The number of carbonyl (C=O) groups is 2. The first kappa shape index (κ1) is 24.5. The average Bonchev–Trinajstić information content (AvgIpc) is 3.23. The van der Waals surface area contributed by atoms with E-state index in [0.717, 1.165) is 42.5 Å². The number of nitrogens with one attached hydrogen (secondary N) is 1. The van der Waals surface area contributed by atoms with E-state index in [-0.39, 0.29) is 6.04 Å². The summed E-state index contributed by atoms with van der Waals surface area (Å²) in [6.07, 6.45) is 3.07. The molecule has 35 heavy (non-hydrogen) atoms. The number of imidazole rings is 1. The highest BCUT2D eigenvalue weighted by Gasteiger charge is 2.28. The monoisotopic (exact) mass is 480 g/mol. The molecule has 1 unspecified atom stereocenters. The summed E-state index contributed by atoms with van der Waals surface area (Å²) in [5.74, 6) is 0.965. The fourth-order valence-corrected chi connectivity index (χ4v) is 4.06. The number of carbonyl (C=O) groups excluding carboxylic acids is 2.